The highest BCUT2D eigenvalue weighted by Gasteiger charge is 2.17. The van der Waals surface area contributed by atoms with E-state index >= 15 is 0 Å². The van der Waals surface area contributed by atoms with Crippen molar-refractivity contribution in [1.29, 1.82) is 0 Å². The summed E-state index contributed by atoms with van der Waals surface area (Å²) in [6.45, 7) is -1.36. The van der Waals surface area contributed by atoms with Crippen LogP contribution in [-0.4, -0.2) is 43.2 Å². The van der Waals surface area contributed by atoms with Crippen molar-refractivity contribution in [1.82, 2.24) is 10.0 Å². The highest BCUT2D eigenvalue weighted by Crippen LogP contribution is 2.15. The summed E-state index contributed by atoms with van der Waals surface area (Å²) in [5.41, 5.74) is 0.101. The Kier molecular flexibility index (Phi) is 7.70. The smallest absolute Gasteiger partial charge is 0.325 e. The molecule has 2 N–H and O–H groups in total. The lowest BCUT2D eigenvalue weighted by Gasteiger charge is -2.08. The number of non-ortho nitro benzene ring substituents is 2. The van der Waals surface area contributed by atoms with Crippen LogP contribution in [0.3, 0.4) is 0 Å². The Labute approximate surface area is 175 Å². The molecule has 0 bridgehead atoms. The Morgan fingerprint density at radius 1 is 0.871 bits per heavy atom. The first-order valence-electron chi connectivity index (χ1n) is 8.48. The first kappa shape index (κ1) is 23.4. The van der Waals surface area contributed by atoms with Gasteiger partial charge in [0.05, 0.1) is 21.3 Å². The monoisotopic (exact) mass is 452 g/mol. The van der Waals surface area contributed by atoms with E-state index in [1.165, 1.54) is 24.3 Å². The molecule has 0 unspecified atom stereocenters. The van der Waals surface area contributed by atoms with E-state index < -0.39 is 44.8 Å². The molecule has 0 radical (unpaired) electrons. The number of carbonyl (C=O) groups excluding carboxylic acids is 2. The average molecular weight is 452 g/mol. The van der Waals surface area contributed by atoms with E-state index in [0.29, 0.717) is 5.56 Å². The van der Waals surface area contributed by atoms with E-state index in [0.717, 1.165) is 24.3 Å². The highest BCUT2D eigenvalue weighted by atomic mass is 32.2. The number of esters is 1. The fourth-order valence-corrected chi connectivity index (χ4v) is 3.14. The maximum atomic E-state index is 12.1. The van der Waals surface area contributed by atoms with E-state index in [4.69, 9.17) is 4.74 Å². The molecule has 1 amide bonds. The molecule has 0 spiro atoms. The summed E-state index contributed by atoms with van der Waals surface area (Å²) in [6.07, 6.45) is 0. The normalized spacial score (nSPS) is 10.8. The van der Waals surface area contributed by atoms with Crippen molar-refractivity contribution >= 4 is 33.3 Å². The number of hydrogen-bond donors (Lipinski definition) is 2. The van der Waals surface area contributed by atoms with Crippen LogP contribution >= 0.6 is 0 Å². The van der Waals surface area contributed by atoms with Gasteiger partial charge < -0.3 is 10.1 Å². The molecule has 0 aliphatic rings. The molecule has 31 heavy (non-hydrogen) atoms. The largest absolute Gasteiger partial charge is 0.460 e. The van der Waals surface area contributed by atoms with E-state index in [-0.39, 0.29) is 22.9 Å². The van der Waals surface area contributed by atoms with Crippen LogP contribution in [0, 0.1) is 20.2 Å². The molecule has 164 valence electrons. The number of carbonyl (C=O) groups is 2. The Morgan fingerprint density at radius 2 is 1.39 bits per heavy atom. The molecule has 2 aromatic rings. The Bertz CT molecular complexity index is 1080. The molecule has 0 saturated carbocycles. The lowest BCUT2D eigenvalue weighted by molar-refractivity contribution is -0.385. The van der Waals surface area contributed by atoms with Gasteiger partial charge in [0.25, 0.3) is 11.4 Å². The van der Waals surface area contributed by atoms with Crippen molar-refractivity contribution in [3.8, 4) is 0 Å². The van der Waals surface area contributed by atoms with Gasteiger partial charge >= 0.3 is 5.97 Å². The number of benzene rings is 2. The summed E-state index contributed by atoms with van der Waals surface area (Å²) < 4.78 is 31.1. The summed E-state index contributed by atoms with van der Waals surface area (Å²) in [4.78, 5) is 43.1. The van der Waals surface area contributed by atoms with Gasteiger partial charge in [-0.1, -0.05) is 0 Å². The molecule has 0 aliphatic heterocycles. The standard InChI is InChI=1S/C17H16N4O9S/c22-16(9-19-31(28,29)15-7-5-14(6-8-15)21(26)27)18-10-17(23)30-11-12-1-3-13(4-2-12)20(24)25/h1-8,19H,9-11H2,(H,18,22). The molecular weight excluding hydrogens is 436 g/mol. The Hall–Kier alpha value is -3.91. The number of nitro benzene ring substituents is 2. The van der Waals surface area contributed by atoms with Gasteiger partial charge in [-0.2, -0.15) is 0 Å². The van der Waals surface area contributed by atoms with Crippen molar-refractivity contribution < 1.29 is 32.6 Å². The molecule has 0 aliphatic carbocycles. The molecule has 0 heterocycles. The van der Waals surface area contributed by atoms with Crippen LogP contribution in [0.2, 0.25) is 0 Å². The second-order valence-corrected chi connectivity index (χ2v) is 7.70. The molecule has 13 nitrogen and oxygen atoms in total. The third-order valence-corrected chi connectivity index (χ3v) is 5.17. The molecule has 0 aromatic heterocycles. The van der Waals surface area contributed by atoms with Crippen LogP contribution in [0.5, 0.6) is 0 Å². The minimum absolute atomic E-state index is 0.112. The van der Waals surface area contributed by atoms with E-state index in [2.05, 4.69) is 5.32 Å². The molecule has 0 atom stereocenters. The predicted octanol–water partition coefficient (Wildman–Crippen LogP) is 0.641. The summed E-state index contributed by atoms with van der Waals surface area (Å²) in [5.74, 6) is -1.61. The van der Waals surface area contributed by atoms with Crippen molar-refractivity contribution in [3.63, 3.8) is 0 Å². The topological polar surface area (TPSA) is 188 Å². The number of amides is 1. The van der Waals surface area contributed by atoms with Gasteiger partial charge in [0, 0.05) is 24.3 Å². The number of nitrogens with zero attached hydrogens (tertiary/aromatic N) is 2. The summed E-state index contributed by atoms with van der Waals surface area (Å²) in [7, 11) is -4.09. The number of rotatable bonds is 10. The molecule has 0 fully saturated rings. The fraction of sp³-hybridized carbons (Fsp3) is 0.176. The SMILES string of the molecule is O=C(CNS(=O)(=O)c1ccc([N+](=O)[O-])cc1)NCC(=O)OCc1ccc([N+](=O)[O-])cc1. The quantitative estimate of drug-likeness (QED) is 0.296. The molecule has 2 rings (SSSR count). The third kappa shape index (κ3) is 7.13. The van der Waals surface area contributed by atoms with Crippen LogP contribution in [0.15, 0.2) is 53.4 Å². The van der Waals surface area contributed by atoms with Gasteiger partial charge in [0.15, 0.2) is 0 Å². The van der Waals surface area contributed by atoms with E-state index in [1.54, 1.807) is 0 Å². The number of ether oxygens (including phenoxy) is 1. The van der Waals surface area contributed by atoms with Crippen molar-refractivity contribution in [2.45, 2.75) is 11.5 Å². The van der Waals surface area contributed by atoms with Crippen LogP contribution in [-0.2, 0) is 31.0 Å². The zero-order chi connectivity index (χ0) is 23.0. The predicted molar refractivity (Wildman–Crippen MR) is 104 cm³/mol. The minimum Gasteiger partial charge on any atom is -0.460 e. The Morgan fingerprint density at radius 3 is 1.90 bits per heavy atom. The van der Waals surface area contributed by atoms with Gasteiger partial charge in [0.1, 0.15) is 13.2 Å². The lowest BCUT2D eigenvalue weighted by Crippen LogP contribution is -2.39. The lowest BCUT2D eigenvalue weighted by atomic mass is 10.2. The van der Waals surface area contributed by atoms with Crippen LogP contribution in [0.4, 0.5) is 11.4 Å². The second kappa shape index (κ2) is 10.2. The first-order chi connectivity index (χ1) is 14.6. The van der Waals surface area contributed by atoms with Crippen molar-refractivity contribution in [3.05, 3.63) is 74.3 Å². The number of nitrogens with one attached hydrogen (secondary N) is 2. The first-order valence-corrected chi connectivity index (χ1v) is 9.96. The van der Waals surface area contributed by atoms with Crippen LogP contribution in [0.1, 0.15) is 5.56 Å². The zero-order valence-corrected chi connectivity index (χ0v) is 16.5. The zero-order valence-electron chi connectivity index (χ0n) is 15.7. The molecule has 14 heteroatoms. The minimum atomic E-state index is -4.09. The van der Waals surface area contributed by atoms with E-state index in [9.17, 15) is 38.2 Å². The van der Waals surface area contributed by atoms with Crippen molar-refractivity contribution in [2.24, 2.45) is 0 Å². The van der Waals surface area contributed by atoms with Gasteiger partial charge in [-0.05, 0) is 29.8 Å². The Balaban J connectivity index is 1.76. The average Bonchev–Trinajstić information content (AvgIpc) is 2.75. The van der Waals surface area contributed by atoms with Gasteiger partial charge in [-0.25, -0.2) is 13.1 Å². The van der Waals surface area contributed by atoms with E-state index in [1.807, 2.05) is 4.72 Å². The molecule has 2 aromatic carbocycles. The summed E-state index contributed by atoms with van der Waals surface area (Å²) in [5, 5.41) is 23.3. The van der Waals surface area contributed by atoms with Crippen LogP contribution in [0.25, 0.3) is 0 Å². The maximum absolute atomic E-state index is 12.1. The fourth-order valence-electron chi connectivity index (χ4n) is 2.15. The number of sulfonamides is 1. The summed E-state index contributed by atoms with van der Waals surface area (Å²) >= 11 is 0. The molecular formula is C17H16N4O9S. The molecule has 0 saturated heterocycles. The second-order valence-electron chi connectivity index (χ2n) is 5.94. The highest BCUT2D eigenvalue weighted by molar-refractivity contribution is 7.89. The summed E-state index contributed by atoms with van der Waals surface area (Å²) in [6, 6.07) is 9.39. The van der Waals surface area contributed by atoms with Gasteiger partial charge in [0.2, 0.25) is 15.9 Å². The maximum Gasteiger partial charge on any atom is 0.325 e. The van der Waals surface area contributed by atoms with Crippen LogP contribution < -0.4 is 10.0 Å². The van der Waals surface area contributed by atoms with Crippen molar-refractivity contribution in [2.75, 3.05) is 13.1 Å². The number of nitro groups is 2. The van der Waals surface area contributed by atoms with Gasteiger partial charge in [-0.3, -0.25) is 29.8 Å². The third-order valence-electron chi connectivity index (χ3n) is 3.76. The van der Waals surface area contributed by atoms with Gasteiger partial charge in [-0.15, -0.1) is 0 Å². The number of hydrogen-bond acceptors (Lipinski definition) is 9.